The van der Waals surface area contributed by atoms with E-state index in [0.29, 0.717) is 32.1 Å². The van der Waals surface area contributed by atoms with Gasteiger partial charge in [-0.15, -0.1) is 16.5 Å². The number of carbonyl (C=O) groups is 1. The van der Waals surface area contributed by atoms with Gasteiger partial charge in [-0.05, 0) is 62.9 Å². The smallest absolute Gasteiger partial charge is 0.296 e. The maximum absolute atomic E-state index is 11.9. The van der Waals surface area contributed by atoms with Gasteiger partial charge in [0, 0.05) is 17.3 Å². The molecule has 4 rings (SSSR count). The average Bonchev–Trinajstić information content (AvgIpc) is 2.89. The van der Waals surface area contributed by atoms with Crippen molar-refractivity contribution in [3.8, 4) is 12.3 Å². The second-order valence-corrected chi connectivity index (χ2v) is 9.39. The molecule has 0 aromatic carbocycles. The van der Waals surface area contributed by atoms with Crippen LogP contribution in [0.1, 0.15) is 65.2 Å². The van der Waals surface area contributed by atoms with E-state index in [1.807, 2.05) is 6.92 Å². The second-order valence-electron chi connectivity index (χ2n) is 9.39. The summed E-state index contributed by atoms with van der Waals surface area (Å²) in [7, 11) is 0. The molecule has 0 bridgehead atoms. The van der Waals surface area contributed by atoms with Crippen LogP contribution in [-0.2, 0) is 9.63 Å². The normalized spacial score (nSPS) is 48.5. The topological polar surface area (TPSA) is 89.7 Å². The van der Waals surface area contributed by atoms with Gasteiger partial charge in [-0.1, -0.05) is 25.3 Å². The summed E-state index contributed by atoms with van der Waals surface area (Å²) in [6.07, 6.45) is 12.5. The van der Waals surface area contributed by atoms with Crippen molar-refractivity contribution in [2.45, 2.75) is 76.4 Å². The van der Waals surface area contributed by atoms with E-state index in [1.54, 1.807) is 6.08 Å². The number of rotatable bonds is 2. The fourth-order valence-corrected chi connectivity index (χ4v) is 7.04. The summed E-state index contributed by atoms with van der Waals surface area (Å²) in [5.74, 6) is 2.86. The van der Waals surface area contributed by atoms with Gasteiger partial charge in [-0.2, -0.15) is 0 Å². The van der Waals surface area contributed by atoms with Gasteiger partial charge >= 0.3 is 0 Å². The SMILES string of the molecule is C#CC1(O[N+](=O)[O-])CC[C@H]2[C@@H]3CCC4=CC(=O)CC[C@]4(C)[C@]3(O)CC[C@@]21C. The quantitative estimate of drug-likeness (QED) is 0.456. The Kier molecular flexibility index (Phi) is 3.82. The summed E-state index contributed by atoms with van der Waals surface area (Å²) in [5, 5.41) is 22.3. The van der Waals surface area contributed by atoms with Crippen LogP contribution in [0.4, 0.5) is 0 Å². The maximum Gasteiger partial charge on any atom is 0.296 e. The molecule has 0 aromatic heterocycles. The number of terminal acetylenes is 1. The first kappa shape index (κ1) is 18.5. The fraction of sp³-hybridized carbons (Fsp3) is 0.762. The summed E-state index contributed by atoms with van der Waals surface area (Å²) >= 11 is 0. The highest BCUT2D eigenvalue weighted by Gasteiger charge is 2.70. The van der Waals surface area contributed by atoms with Gasteiger partial charge in [0.1, 0.15) is 0 Å². The molecule has 1 N–H and O–H groups in total. The highest BCUT2D eigenvalue weighted by atomic mass is 17.0. The lowest BCUT2D eigenvalue weighted by molar-refractivity contribution is -0.781. The highest BCUT2D eigenvalue weighted by molar-refractivity contribution is 5.91. The van der Waals surface area contributed by atoms with Crippen molar-refractivity contribution in [1.29, 1.82) is 0 Å². The molecule has 6 nitrogen and oxygen atoms in total. The van der Waals surface area contributed by atoms with Gasteiger partial charge in [-0.25, -0.2) is 0 Å². The van der Waals surface area contributed by atoms with Crippen LogP contribution in [0.15, 0.2) is 11.6 Å². The van der Waals surface area contributed by atoms with Crippen molar-refractivity contribution < 1.29 is 19.8 Å². The van der Waals surface area contributed by atoms with Crippen LogP contribution in [0, 0.1) is 45.1 Å². The van der Waals surface area contributed by atoms with Gasteiger partial charge < -0.3 is 5.11 Å². The molecule has 3 fully saturated rings. The molecule has 3 saturated carbocycles. The molecule has 0 heterocycles. The van der Waals surface area contributed by atoms with Crippen LogP contribution in [0.25, 0.3) is 0 Å². The van der Waals surface area contributed by atoms with Crippen molar-refractivity contribution in [3.63, 3.8) is 0 Å². The Hall–Kier alpha value is -1.87. The first-order valence-electron chi connectivity index (χ1n) is 9.89. The number of hydrogen-bond acceptors (Lipinski definition) is 5. The van der Waals surface area contributed by atoms with E-state index in [-0.39, 0.29) is 17.6 Å². The molecular formula is C21H27NO5. The van der Waals surface area contributed by atoms with Gasteiger partial charge in [0.05, 0.1) is 5.60 Å². The van der Waals surface area contributed by atoms with Crippen LogP contribution in [0.5, 0.6) is 0 Å². The molecule has 0 aliphatic heterocycles. The molecular weight excluding hydrogens is 346 g/mol. The fourth-order valence-electron chi connectivity index (χ4n) is 7.04. The Bertz CT molecular complexity index is 784. The number of carbonyl (C=O) groups excluding carboxylic acids is 1. The lowest BCUT2D eigenvalue weighted by Crippen LogP contribution is -2.64. The molecule has 1 unspecified atom stereocenters. The predicted molar refractivity (Wildman–Crippen MR) is 97.8 cm³/mol. The molecule has 0 radical (unpaired) electrons. The van der Waals surface area contributed by atoms with E-state index in [0.717, 1.165) is 24.8 Å². The lowest BCUT2D eigenvalue weighted by Gasteiger charge is -2.63. The Balaban J connectivity index is 1.74. The molecule has 6 atom stereocenters. The zero-order chi connectivity index (χ0) is 19.7. The molecule has 0 saturated heterocycles. The van der Waals surface area contributed by atoms with E-state index in [4.69, 9.17) is 11.3 Å². The highest BCUT2D eigenvalue weighted by Crippen LogP contribution is 2.69. The average molecular weight is 373 g/mol. The summed E-state index contributed by atoms with van der Waals surface area (Å²) in [4.78, 5) is 28.2. The molecule has 0 amide bonds. The standard InChI is InChI=1S/C21H27NO5/c1-4-20(27-22(25)26)10-8-16-17-6-5-14-13-15(23)7-9-18(14,2)21(17,24)12-11-19(16,20)3/h1,13,16-17,24H,5-12H2,2-3H3/t16-,17-,18-,19-,20?,21-/m0/s1. The zero-order valence-electron chi connectivity index (χ0n) is 16.0. The van der Waals surface area contributed by atoms with E-state index < -0.39 is 27.1 Å². The number of aliphatic hydroxyl groups is 1. The van der Waals surface area contributed by atoms with Crippen LogP contribution in [0.3, 0.4) is 0 Å². The Morgan fingerprint density at radius 1 is 1.22 bits per heavy atom. The summed E-state index contributed by atoms with van der Waals surface area (Å²) < 4.78 is 0. The van der Waals surface area contributed by atoms with Crippen molar-refractivity contribution in [1.82, 2.24) is 0 Å². The van der Waals surface area contributed by atoms with Gasteiger partial charge in [0.2, 0.25) is 0 Å². The van der Waals surface area contributed by atoms with E-state index in [1.165, 1.54) is 0 Å². The largest absolute Gasteiger partial charge is 0.389 e. The van der Waals surface area contributed by atoms with Gasteiger partial charge in [0.25, 0.3) is 5.09 Å². The maximum atomic E-state index is 11.9. The summed E-state index contributed by atoms with van der Waals surface area (Å²) in [6.45, 7) is 4.10. The minimum atomic E-state index is -1.22. The Morgan fingerprint density at radius 2 is 1.96 bits per heavy atom. The second kappa shape index (κ2) is 5.57. The Morgan fingerprint density at radius 3 is 2.63 bits per heavy atom. The summed E-state index contributed by atoms with van der Waals surface area (Å²) in [5.41, 5.74) is -1.99. The molecule has 0 aromatic rings. The summed E-state index contributed by atoms with van der Waals surface area (Å²) in [6, 6.07) is 0. The molecule has 4 aliphatic rings. The third-order valence-corrected chi connectivity index (χ3v) is 8.73. The monoisotopic (exact) mass is 373 g/mol. The molecule has 0 spiro atoms. The van der Waals surface area contributed by atoms with Gasteiger partial charge in [-0.3, -0.25) is 9.63 Å². The van der Waals surface area contributed by atoms with E-state index in [2.05, 4.69) is 12.8 Å². The number of ketones is 1. The molecule has 27 heavy (non-hydrogen) atoms. The molecule has 4 aliphatic carbocycles. The molecule has 146 valence electrons. The van der Waals surface area contributed by atoms with Crippen molar-refractivity contribution in [2.75, 3.05) is 0 Å². The first-order chi connectivity index (χ1) is 12.6. The van der Waals surface area contributed by atoms with Crippen LogP contribution in [-0.4, -0.2) is 27.2 Å². The van der Waals surface area contributed by atoms with Crippen molar-refractivity contribution in [3.05, 3.63) is 21.8 Å². The third kappa shape index (κ3) is 2.15. The number of hydrogen-bond donors (Lipinski definition) is 1. The van der Waals surface area contributed by atoms with E-state index >= 15 is 0 Å². The van der Waals surface area contributed by atoms with Crippen LogP contribution >= 0.6 is 0 Å². The minimum absolute atomic E-state index is 0.0113. The number of fused-ring (bicyclic) bond motifs is 5. The van der Waals surface area contributed by atoms with Crippen molar-refractivity contribution >= 4 is 5.78 Å². The van der Waals surface area contributed by atoms with E-state index in [9.17, 15) is 20.0 Å². The van der Waals surface area contributed by atoms with Crippen molar-refractivity contribution in [2.24, 2.45) is 22.7 Å². The van der Waals surface area contributed by atoms with Gasteiger partial charge in [0.15, 0.2) is 11.4 Å². The first-order valence-corrected chi connectivity index (χ1v) is 9.89. The zero-order valence-corrected chi connectivity index (χ0v) is 16.0. The van der Waals surface area contributed by atoms with Crippen LogP contribution in [0.2, 0.25) is 0 Å². The molecule has 6 heteroatoms. The number of nitrogens with zero attached hydrogens (tertiary/aromatic N) is 1. The Labute approximate surface area is 159 Å². The van der Waals surface area contributed by atoms with Crippen LogP contribution < -0.4 is 0 Å². The lowest BCUT2D eigenvalue weighted by atomic mass is 9.44. The minimum Gasteiger partial charge on any atom is -0.389 e. The predicted octanol–water partition coefficient (Wildman–Crippen LogP) is 3.21. The third-order valence-electron chi connectivity index (χ3n) is 8.73.